The molecule has 0 saturated carbocycles. The Morgan fingerprint density at radius 3 is 2.78 bits per heavy atom. The second-order valence-electron chi connectivity index (χ2n) is 5.00. The SMILES string of the molecule is CCCN[C@H](CCC)Cc1c[nH]c2ccccc12. The van der Waals surface area contributed by atoms with Gasteiger partial charge in [0.1, 0.15) is 0 Å². The zero-order valence-electron chi connectivity index (χ0n) is 11.5. The zero-order valence-corrected chi connectivity index (χ0v) is 11.5. The highest BCUT2D eigenvalue weighted by Crippen LogP contribution is 2.20. The van der Waals surface area contributed by atoms with Crippen molar-refractivity contribution in [1.29, 1.82) is 0 Å². The molecule has 0 radical (unpaired) electrons. The van der Waals surface area contributed by atoms with Crippen molar-refractivity contribution in [3.63, 3.8) is 0 Å². The van der Waals surface area contributed by atoms with Gasteiger partial charge in [-0.1, -0.05) is 38.5 Å². The van der Waals surface area contributed by atoms with E-state index in [1.807, 2.05) is 0 Å². The van der Waals surface area contributed by atoms with E-state index in [-0.39, 0.29) is 0 Å². The van der Waals surface area contributed by atoms with Crippen LogP contribution in [0, 0.1) is 0 Å². The Morgan fingerprint density at radius 1 is 1.17 bits per heavy atom. The maximum atomic E-state index is 3.66. The highest BCUT2D eigenvalue weighted by Gasteiger charge is 2.10. The van der Waals surface area contributed by atoms with E-state index < -0.39 is 0 Å². The molecular weight excluding hydrogens is 220 g/mol. The predicted octanol–water partition coefficient (Wildman–Crippen LogP) is 3.88. The van der Waals surface area contributed by atoms with Gasteiger partial charge in [0.25, 0.3) is 0 Å². The summed E-state index contributed by atoms with van der Waals surface area (Å²) in [5.74, 6) is 0. The smallest absolute Gasteiger partial charge is 0.0456 e. The molecule has 0 unspecified atom stereocenters. The summed E-state index contributed by atoms with van der Waals surface area (Å²) in [4.78, 5) is 3.36. The third kappa shape index (κ3) is 3.14. The Labute approximate surface area is 110 Å². The number of aromatic nitrogens is 1. The normalized spacial score (nSPS) is 13.0. The molecule has 18 heavy (non-hydrogen) atoms. The molecule has 0 spiro atoms. The van der Waals surface area contributed by atoms with Gasteiger partial charge >= 0.3 is 0 Å². The van der Waals surface area contributed by atoms with Crippen molar-refractivity contribution < 1.29 is 0 Å². The van der Waals surface area contributed by atoms with Crippen LogP contribution in [-0.2, 0) is 6.42 Å². The summed E-state index contributed by atoms with van der Waals surface area (Å²) >= 11 is 0. The van der Waals surface area contributed by atoms with Crippen molar-refractivity contribution in [2.45, 2.75) is 45.6 Å². The van der Waals surface area contributed by atoms with Gasteiger partial charge in [-0.3, -0.25) is 0 Å². The molecule has 0 amide bonds. The van der Waals surface area contributed by atoms with Gasteiger partial charge in [0.15, 0.2) is 0 Å². The van der Waals surface area contributed by atoms with Gasteiger partial charge in [-0.15, -0.1) is 0 Å². The van der Waals surface area contributed by atoms with Gasteiger partial charge in [0.05, 0.1) is 0 Å². The average molecular weight is 244 g/mol. The first-order valence-corrected chi connectivity index (χ1v) is 7.13. The predicted molar refractivity (Wildman–Crippen MR) is 79.0 cm³/mol. The second-order valence-corrected chi connectivity index (χ2v) is 5.00. The topological polar surface area (TPSA) is 27.8 Å². The number of rotatable bonds is 7. The molecule has 1 heterocycles. The number of fused-ring (bicyclic) bond motifs is 1. The molecule has 2 nitrogen and oxygen atoms in total. The van der Waals surface area contributed by atoms with Crippen LogP contribution in [-0.4, -0.2) is 17.6 Å². The first-order valence-electron chi connectivity index (χ1n) is 7.13. The highest BCUT2D eigenvalue weighted by atomic mass is 14.9. The molecule has 1 aromatic carbocycles. The first-order chi connectivity index (χ1) is 8.85. The van der Waals surface area contributed by atoms with Crippen LogP contribution in [0.15, 0.2) is 30.5 Å². The van der Waals surface area contributed by atoms with E-state index in [0.717, 1.165) is 13.0 Å². The summed E-state index contributed by atoms with van der Waals surface area (Å²) in [6.45, 7) is 5.60. The van der Waals surface area contributed by atoms with Gasteiger partial charge in [0.2, 0.25) is 0 Å². The van der Waals surface area contributed by atoms with Gasteiger partial charge in [-0.25, -0.2) is 0 Å². The number of nitrogens with one attached hydrogen (secondary N) is 2. The van der Waals surface area contributed by atoms with Crippen molar-refractivity contribution >= 4 is 10.9 Å². The van der Waals surface area contributed by atoms with E-state index in [0.29, 0.717) is 6.04 Å². The molecule has 0 aliphatic carbocycles. The van der Waals surface area contributed by atoms with Crippen LogP contribution >= 0.6 is 0 Å². The van der Waals surface area contributed by atoms with Gasteiger partial charge < -0.3 is 10.3 Å². The molecule has 0 aliphatic heterocycles. The molecule has 98 valence electrons. The van der Waals surface area contributed by atoms with Crippen LogP contribution in [0.4, 0.5) is 0 Å². The van der Waals surface area contributed by atoms with E-state index in [4.69, 9.17) is 0 Å². The van der Waals surface area contributed by atoms with Crippen molar-refractivity contribution in [2.75, 3.05) is 6.54 Å². The Kier molecular flexibility index (Phi) is 4.82. The number of hydrogen-bond acceptors (Lipinski definition) is 1. The Morgan fingerprint density at radius 2 is 2.00 bits per heavy atom. The lowest BCUT2D eigenvalue weighted by molar-refractivity contribution is 0.474. The Balaban J connectivity index is 2.10. The standard InChI is InChI=1S/C16H24N2/c1-3-7-14(17-10-4-2)11-13-12-18-16-9-6-5-8-15(13)16/h5-6,8-9,12,14,17-18H,3-4,7,10-11H2,1-2H3/t14-/m1/s1. The quantitative estimate of drug-likeness (QED) is 0.760. The molecule has 2 aromatic rings. The van der Waals surface area contributed by atoms with Crippen molar-refractivity contribution in [1.82, 2.24) is 10.3 Å². The van der Waals surface area contributed by atoms with Crippen molar-refractivity contribution in [3.8, 4) is 0 Å². The number of para-hydroxylation sites is 1. The molecule has 0 fully saturated rings. The Hall–Kier alpha value is -1.28. The number of benzene rings is 1. The summed E-state index contributed by atoms with van der Waals surface area (Å²) in [5.41, 5.74) is 2.69. The van der Waals surface area contributed by atoms with Crippen molar-refractivity contribution in [2.24, 2.45) is 0 Å². The molecule has 2 heteroatoms. The molecular formula is C16H24N2. The van der Waals surface area contributed by atoms with Crippen LogP contribution < -0.4 is 5.32 Å². The van der Waals surface area contributed by atoms with Crippen molar-refractivity contribution in [3.05, 3.63) is 36.0 Å². The largest absolute Gasteiger partial charge is 0.361 e. The summed E-state index contributed by atoms with van der Waals surface area (Å²) in [6.07, 6.45) is 6.98. The molecule has 2 rings (SSSR count). The summed E-state index contributed by atoms with van der Waals surface area (Å²) in [5, 5.41) is 5.03. The van der Waals surface area contributed by atoms with E-state index in [1.54, 1.807) is 0 Å². The fraction of sp³-hybridized carbons (Fsp3) is 0.500. The summed E-state index contributed by atoms with van der Waals surface area (Å²) < 4.78 is 0. The van der Waals surface area contributed by atoms with E-state index in [9.17, 15) is 0 Å². The third-order valence-electron chi connectivity index (χ3n) is 3.46. The van der Waals surface area contributed by atoms with Crippen LogP contribution in [0.25, 0.3) is 10.9 Å². The maximum Gasteiger partial charge on any atom is 0.0456 e. The lowest BCUT2D eigenvalue weighted by Gasteiger charge is -2.17. The minimum Gasteiger partial charge on any atom is -0.361 e. The van der Waals surface area contributed by atoms with Gasteiger partial charge in [-0.05, 0) is 37.4 Å². The van der Waals surface area contributed by atoms with Gasteiger partial charge in [-0.2, -0.15) is 0 Å². The Bertz CT molecular complexity index is 473. The second kappa shape index (κ2) is 6.60. The molecule has 0 bridgehead atoms. The summed E-state index contributed by atoms with van der Waals surface area (Å²) in [7, 11) is 0. The van der Waals surface area contributed by atoms with E-state index in [1.165, 1.54) is 35.7 Å². The first kappa shape index (κ1) is 13.2. The lowest BCUT2D eigenvalue weighted by atomic mass is 10.0. The van der Waals surface area contributed by atoms with Crippen LogP contribution in [0.5, 0.6) is 0 Å². The molecule has 1 aromatic heterocycles. The fourth-order valence-corrected chi connectivity index (χ4v) is 2.54. The number of hydrogen-bond donors (Lipinski definition) is 2. The minimum absolute atomic E-state index is 0.606. The zero-order chi connectivity index (χ0) is 12.8. The average Bonchev–Trinajstić information content (AvgIpc) is 2.80. The third-order valence-corrected chi connectivity index (χ3v) is 3.46. The highest BCUT2D eigenvalue weighted by molar-refractivity contribution is 5.83. The molecule has 1 atom stereocenters. The monoisotopic (exact) mass is 244 g/mol. The van der Waals surface area contributed by atoms with Crippen LogP contribution in [0.3, 0.4) is 0 Å². The summed E-state index contributed by atoms with van der Waals surface area (Å²) in [6, 6.07) is 9.17. The van der Waals surface area contributed by atoms with Crippen LogP contribution in [0.2, 0.25) is 0 Å². The number of H-pyrrole nitrogens is 1. The maximum absolute atomic E-state index is 3.66. The lowest BCUT2D eigenvalue weighted by Crippen LogP contribution is -2.31. The van der Waals surface area contributed by atoms with Gasteiger partial charge in [0, 0.05) is 23.1 Å². The minimum atomic E-state index is 0.606. The van der Waals surface area contributed by atoms with Crippen LogP contribution in [0.1, 0.15) is 38.7 Å². The van der Waals surface area contributed by atoms with E-state index >= 15 is 0 Å². The molecule has 0 saturated heterocycles. The molecule has 2 N–H and O–H groups in total. The fourth-order valence-electron chi connectivity index (χ4n) is 2.54. The molecule has 0 aliphatic rings. The number of aromatic amines is 1. The van der Waals surface area contributed by atoms with E-state index in [2.05, 4.69) is 54.6 Å².